The quantitative estimate of drug-likeness (QED) is 0.284. The van der Waals surface area contributed by atoms with E-state index in [4.69, 9.17) is 0 Å². The highest BCUT2D eigenvalue weighted by Gasteiger charge is 2.24. The van der Waals surface area contributed by atoms with Crippen LogP contribution in [0.5, 0.6) is 0 Å². The Labute approximate surface area is 191 Å². The van der Waals surface area contributed by atoms with Crippen molar-refractivity contribution < 1.29 is 14.6 Å². The van der Waals surface area contributed by atoms with Crippen molar-refractivity contribution >= 4 is 34.3 Å². The molecule has 33 heavy (non-hydrogen) atoms. The minimum absolute atomic E-state index is 0.0515. The lowest BCUT2D eigenvalue weighted by Gasteiger charge is -2.09. The summed E-state index contributed by atoms with van der Waals surface area (Å²) in [6.45, 7) is 1.38. The van der Waals surface area contributed by atoms with Crippen molar-refractivity contribution in [1.29, 1.82) is 0 Å². The number of anilines is 1. The number of nitrogens with zero attached hydrogens (tertiary/aromatic N) is 3. The second-order valence-electron chi connectivity index (χ2n) is 7.09. The number of carbonyl (C=O) groups excluding carboxylic acids is 1. The Balaban J connectivity index is 1.55. The Hall–Kier alpha value is -4.44. The third kappa shape index (κ3) is 4.60. The lowest BCUT2D eigenvalue weighted by Crippen LogP contribution is -2.14. The first-order valence-corrected chi connectivity index (χ1v) is 10.6. The third-order valence-corrected chi connectivity index (χ3v) is 5.87. The van der Waals surface area contributed by atoms with Crippen molar-refractivity contribution in [2.24, 2.45) is 0 Å². The first-order valence-electron chi connectivity index (χ1n) is 9.69. The molecule has 0 unspecified atom stereocenters. The van der Waals surface area contributed by atoms with Crippen LogP contribution < -0.4 is 5.32 Å². The molecule has 0 saturated carbocycles. The highest BCUT2D eigenvalue weighted by molar-refractivity contribution is 7.13. The fourth-order valence-corrected chi connectivity index (χ4v) is 4.09. The zero-order chi connectivity index (χ0) is 23.5. The summed E-state index contributed by atoms with van der Waals surface area (Å²) < 4.78 is 0. The summed E-state index contributed by atoms with van der Waals surface area (Å²) in [4.78, 5) is 38.2. The number of amides is 1. The zero-order valence-electron chi connectivity index (χ0n) is 17.2. The van der Waals surface area contributed by atoms with E-state index in [1.807, 2.05) is 35.7 Å². The number of carbonyl (C=O) groups is 1. The zero-order valence-corrected chi connectivity index (χ0v) is 18.0. The molecule has 1 heterocycles. The highest BCUT2D eigenvalue weighted by Crippen LogP contribution is 2.31. The molecule has 164 valence electrons. The van der Waals surface area contributed by atoms with Crippen LogP contribution >= 0.6 is 11.3 Å². The Morgan fingerprint density at radius 3 is 2.27 bits per heavy atom. The van der Waals surface area contributed by atoms with Gasteiger partial charge in [-0.25, -0.2) is 4.98 Å². The molecular weight excluding hydrogens is 444 g/mol. The van der Waals surface area contributed by atoms with Crippen molar-refractivity contribution in [3.63, 3.8) is 0 Å². The molecule has 0 spiro atoms. The van der Waals surface area contributed by atoms with Crippen molar-refractivity contribution in [1.82, 2.24) is 4.98 Å². The number of nitro benzene ring substituents is 2. The predicted molar refractivity (Wildman–Crippen MR) is 125 cm³/mol. The normalized spacial score (nSPS) is 10.6. The number of nitro groups is 2. The Morgan fingerprint density at radius 2 is 1.64 bits per heavy atom. The lowest BCUT2D eigenvalue weighted by molar-refractivity contribution is -0.394. The number of hydrogen-bond acceptors (Lipinski definition) is 7. The first kappa shape index (κ1) is 21.8. The van der Waals surface area contributed by atoms with Crippen molar-refractivity contribution in [3.8, 4) is 21.8 Å². The average molecular weight is 460 g/mol. The van der Waals surface area contributed by atoms with Gasteiger partial charge in [0.2, 0.25) is 0 Å². The molecule has 9 nitrogen and oxygen atoms in total. The van der Waals surface area contributed by atoms with Crippen LogP contribution in [0.4, 0.5) is 17.1 Å². The number of non-ortho nitro benzene ring substituents is 1. The van der Waals surface area contributed by atoms with Crippen LogP contribution in [0.1, 0.15) is 15.9 Å². The molecule has 0 bridgehead atoms. The molecule has 1 N–H and O–H groups in total. The summed E-state index contributed by atoms with van der Waals surface area (Å²) in [5.74, 6) is -0.674. The van der Waals surface area contributed by atoms with E-state index in [1.54, 1.807) is 24.3 Å². The number of rotatable bonds is 6. The molecule has 4 aromatic rings. The van der Waals surface area contributed by atoms with Crippen molar-refractivity contribution in [3.05, 3.63) is 103 Å². The molecule has 10 heteroatoms. The van der Waals surface area contributed by atoms with E-state index in [0.717, 1.165) is 34.0 Å². The van der Waals surface area contributed by atoms with Gasteiger partial charge in [0, 0.05) is 33.8 Å². The maximum absolute atomic E-state index is 12.7. The number of nitrogens with one attached hydrogen (secondary N) is 1. The van der Waals surface area contributed by atoms with Crippen LogP contribution in [-0.2, 0) is 0 Å². The molecule has 1 amide bonds. The molecule has 4 rings (SSSR count). The van der Waals surface area contributed by atoms with Gasteiger partial charge < -0.3 is 5.32 Å². The van der Waals surface area contributed by atoms with Gasteiger partial charge in [0.05, 0.1) is 27.2 Å². The number of aromatic nitrogens is 1. The second-order valence-corrected chi connectivity index (χ2v) is 7.95. The fraction of sp³-hybridized carbons (Fsp3) is 0.0435. The molecule has 0 aliphatic carbocycles. The average Bonchev–Trinajstić information content (AvgIpc) is 3.30. The first-order chi connectivity index (χ1) is 15.8. The number of thiazole rings is 1. The van der Waals surface area contributed by atoms with Gasteiger partial charge in [0.1, 0.15) is 5.01 Å². The maximum atomic E-state index is 12.7. The Kier molecular flexibility index (Phi) is 5.92. The van der Waals surface area contributed by atoms with Crippen LogP contribution in [0.3, 0.4) is 0 Å². The summed E-state index contributed by atoms with van der Waals surface area (Å²) in [6.07, 6.45) is 0. The largest absolute Gasteiger partial charge is 0.322 e. The van der Waals surface area contributed by atoms with Crippen LogP contribution in [0.25, 0.3) is 21.8 Å². The summed E-state index contributed by atoms with van der Waals surface area (Å²) in [5.41, 5.74) is 2.03. The molecule has 0 atom stereocenters. The molecule has 0 fully saturated rings. The maximum Gasteiger partial charge on any atom is 0.279 e. The van der Waals surface area contributed by atoms with E-state index in [0.29, 0.717) is 5.69 Å². The van der Waals surface area contributed by atoms with Crippen molar-refractivity contribution in [2.75, 3.05) is 5.32 Å². The van der Waals surface area contributed by atoms with E-state index in [1.165, 1.54) is 18.3 Å². The van der Waals surface area contributed by atoms with E-state index >= 15 is 0 Å². The van der Waals surface area contributed by atoms with Gasteiger partial charge in [-0.3, -0.25) is 25.0 Å². The molecule has 0 aliphatic heterocycles. The van der Waals surface area contributed by atoms with Gasteiger partial charge in [-0.1, -0.05) is 42.5 Å². The van der Waals surface area contributed by atoms with Gasteiger partial charge >= 0.3 is 0 Å². The van der Waals surface area contributed by atoms with Gasteiger partial charge in [-0.05, 0) is 19.1 Å². The summed E-state index contributed by atoms with van der Waals surface area (Å²) in [7, 11) is 0. The number of benzene rings is 3. The summed E-state index contributed by atoms with van der Waals surface area (Å²) >= 11 is 1.53. The molecule has 0 aliphatic rings. The van der Waals surface area contributed by atoms with Gasteiger partial charge in [-0.15, -0.1) is 11.3 Å². The SMILES string of the molecule is Cc1c(C(=O)Nc2ccc(-c3csc(-c4ccccc4)n3)cc2)cc([N+](=O)[O-])cc1[N+](=O)[O-]. The van der Waals surface area contributed by atoms with Crippen LogP contribution in [0.15, 0.2) is 72.1 Å². The van der Waals surface area contributed by atoms with Gasteiger partial charge in [0.25, 0.3) is 17.3 Å². The molecule has 3 aromatic carbocycles. The molecular formula is C23H16N4O5S. The fourth-order valence-electron chi connectivity index (χ4n) is 3.26. The van der Waals surface area contributed by atoms with Crippen LogP contribution in [-0.4, -0.2) is 20.7 Å². The van der Waals surface area contributed by atoms with Crippen LogP contribution in [0.2, 0.25) is 0 Å². The van der Waals surface area contributed by atoms with E-state index < -0.39 is 27.1 Å². The lowest BCUT2D eigenvalue weighted by atomic mass is 10.0. The molecule has 0 radical (unpaired) electrons. The summed E-state index contributed by atoms with van der Waals surface area (Å²) in [5, 5.41) is 27.9. The van der Waals surface area contributed by atoms with Crippen molar-refractivity contribution in [2.45, 2.75) is 6.92 Å². The minimum atomic E-state index is -0.768. The second kappa shape index (κ2) is 8.97. The highest BCUT2D eigenvalue weighted by atomic mass is 32.1. The smallest absolute Gasteiger partial charge is 0.279 e. The summed E-state index contributed by atoms with van der Waals surface area (Å²) in [6, 6.07) is 18.6. The third-order valence-electron chi connectivity index (χ3n) is 4.98. The van der Waals surface area contributed by atoms with Gasteiger partial charge in [-0.2, -0.15) is 0 Å². The topological polar surface area (TPSA) is 128 Å². The monoisotopic (exact) mass is 460 g/mol. The molecule has 1 aromatic heterocycles. The number of hydrogen-bond donors (Lipinski definition) is 1. The van der Waals surface area contributed by atoms with Gasteiger partial charge in [0.15, 0.2) is 0 Å². The van der Waals surface area contributed by atoms with E-state index in [2.05, 4.69) is 10.3 Å². The molecule has 0 saturated heterocycles. The van der Waals surface area contributed by atoms with Crippen LogP contribution in [0, 0.1) is 27.2 Å². The predicted octanol–water partition coefficient (Wildman–Crippen LogP) is 5.85. The minimum Gasteiger partial charge on any atom is -0.322 e. The Bertz CT molecular complexity index is 1370. The Morgan fingerprint density at radius 1 is 0.939 bits per heavy atom. The van der Waals surface area contributed by atoms with E-state index in [9.17, 15) is 25.0 Å². The standard InChI is InChI=1S/C23H16N4O5S/c1-14-19(11-18(26(29)30)12-21(14)27(31)32)22(28)24-17-9-7-15(8-10-17)20-13-33-23(25-20)16-5-3-2-4-6-16/h2-13H,1H3,(H,24,28). The van der Waals surface area contributed by atoms with E-state index in [-0.39, 0.29) is 11.1 Å².